The number of nitrogens with one attached hydrogen (secondary N) is 2. The molecule has 3 aromatic rings. The van der Waals surface area contributed by atoms with Crippen molar-refractivity contribution in [3.05, 3.63) is 63.0 Å². The van der Waals surface area contributed by atoms with Gasteiger partial charge in [-0.2, -0.15) is 0 Å². The molecule has 0 radical (unpaired) electrons. The van der Waals surface area contributed by atoms with E-state index in [9.17, 15) is 4.79 Å². The summed E-state index contributed by atoms with van der Waals surface area (Å²) in [4.78, 5) is 24.7. The number of nitrogens with zero attached hydrogens (tertiary/aromatic N) is 3. The largest absolute Gasteiger partial charge is 0.384 e. The van der Waals surface area contributed by atoms with E-state index in [0.29, 0.717) is 5.02 Å². The van der Waals surface area contributed by atoms with Gasteiger partial charge in [0.1, 0.15) is 5.82 Å². The van der Waals surface area contributed by atoms with E-state index < -0.39 is 0 Å². The molecule has 5 rings (SSSR count). The van der Waals surface area contributed by atoms with E-state index >= 15 is 0 Å². The maximum Gasteiger partial charge on any atom is 0.253 e. The standard InChI is InChI=1S/C22H24ClN5O/c23-16-4-6-20(25-13-16)28-10-8-27(9-11-28)14-15-3-5-17-19(12-15)26-22(29)18-2-1-7-24-21(17)18/h3-6,12-13,24H,1-2,7-11,14H2,(H,26,29). The number of fused-ring (bicyclic) bond motifs is 3. The first-order valence-electron chi connectivity index (χ1n) is 10.2. The molecule has 0 spiro atoms. The van der Waals surface area contributed by atoms with Crippen LogP contribution < -0.4 is 15.8 Å². The molecule has 0 unspecified atom stereocenters. The fourth-order valence-corrected chi connectivity index (χ4v) is 4.46. The molecule has 0 saturated carbocycles. The highest BCUT2D eigenvalue weighted by Crippen LogP contribution is 2.28. The first-order chi connectivity index (χ1) is 14.2. The first kappa shape index (κ1) is 18.5. The highest BCUT2D eigenvalue weighted by molar-refractivity contribution is 6.30. The van der Waals surface area contributed by atoms with Crippen LogP contribution in [0.5, 0.6) is 0 Å². The van der Waals surface area contributed by atoms with E-state index in [1.54, 1.807) is 6.20 Å². The first-order valence-corrected chi connectivity index (χ1v) is 10.6. The van der Waals surface area contributed by atoms with Crippen molar-refractivity contribution in [1.29, 1.82) is 0 Å². The molecular weight excluding hydrogens is 386 g/mol. The van der Waals surface area contributed by atoms with Crippen LogP contribution in [-0.2, 0) is 13.0 Å². The van der Waals surface area contributed by atoms with Crippen LogP contribution in [-0.4, -0.2) is 47.6 Å². The molecule has 1 fully saturated rings. The summed E-state index contributed by atoms with van der Waals surface area (Å²) in [5.74, 6) is 0.981. The van der Waals surface area contributed by atoms with Crippen LogP contribution in [0.3, 0.4) is 0 Å². The fraction of sp³-hybridized carbons (Fsp3) is 0.364. The lowest BCUT2D eigenvalue weighted by Crippen LogP contribution is -2.46. The van der Waals surface area contributed by atoms with E-state index in [1.807, 2.05) is 12.1 Å². The number of anilines is 2. The van der Waals surface area contributed by atoms with Gasteiger partial charge in [-0.25, -0.2) is 4.98 Å². The number of benzene rings is 1. The lowest BCUT2D eigenvalue weighted by Gasteiger charge is -2.35. The minimum atomic E-state index is 0.0425. The Morgan fingerprint density at radius 1 is 1.10 bits per heavy atom. The molecule has 4 heterocycles. The lowest BCUT2D eigenvalue weighted by atomic mass is 10.0. The van der Waals surface area contributed by atoms with Crippen LogP contribution in [0.25, 0.3) is 10.9 Å². The van der Waals surface area contributed by atoms with E-state index in [0.717, 1.165) is 80.1 Å². The maximum absolute atomic E-state index is 12.4. The summed E-state index contributed by atoms with van der Waals surface area (Å²) < 4.78 is 0. The van der Waals surface area contributed by atoms with Crippen molar-refractivity contribution in [2.24, 2.45) is 0 Å². The van der Waals surface area contributed by atoms with E-state index in [2.05, 4.69) is 43.3 Å². The molecule has 2 aromatic heterocycles. The molecule has 2 aliphatic rings. The predicted octanol–water partition coefficient (Wildman–Crippen LogP) is 3.26. The molecule has 29 heavy (non-hydrogen) atoms. The van der Waals surface area contributed by atoms with Crippen LogP contribution in [0, 0.1) is 0 Å². The van der Waals surface area contributed by atoms with Gasteiger partial charge in [0, 0.05) is 56.4 Å². The molecule has 6 nitrogen and oxygen atoms in total. The molecule has 2 N–H and O–H groups in total. The minimum absolute atomic E-state index is 0.0425. The van der Waals surface area contributed by atoms with Gasteiger partial charge in [-0.1, -0.05) is 23.7 Å². The van der Waals surface area contributed by atoms with E-state index in [-0.39, 0.29) is 5.56 Å². The smallest absolute Gasteiger partial charge is 0.253 e. The zero-order chi connectivity index (χ0) is 19.8. The van der Waals surface area contributed by atoms with Crippen LogP contribution in [0.15, 0.2) is 41.3 Å². The minimum Gasteiger partial charge on any atom is -0.384 e. The summed E-state index contributed by atoms with van der Waals surface area (Å²) in [7, 11) is 0. The SMILES string of the molecule is O=c1[nH]c2cc(CN3CCN(c4ccc(Cl)cn4)CC3)ccc2c2c1CCCN2. The third-order valence-electron chi connectivity index (χ3n) is 5.90. The van der Waals surface area contributed by atoms with Crippen molar-refractivity contribution >= 4 is 34.0 Å². The zero-order valence-electron chi connectivity index (χ0n) is 16.2. The summed E-state index contributed by atoms with van der Waals surface area (Å²) in [6, 6.07) is 10.3. The number of piperazine rings is 1. The Morgan fingerprint density at radius 2 is 1.97 bits per heavy atom. The Hall–Kier alpha value is -2.57. The Bertz CT molecular complexity index is 1090. The van der Waals surface area contributed by atoms with Crippen molar-refractivity contribution in [2.45, 2.75) is 19.4 Å². The monoisotopic (exact) mass is 409 g/mol. The third-order valence-corrected chi connectivity index (χ3v) is 6.12. The van der Waals surface area contributed by atoms with E-state index in [4.69, 9.17) is 11.6 Å². The van der Waals surface area contributed by atoms with Crippen molar-refractivity contribution in [3.63, 3.8) is 0 Å². The molecule has 0 bridgehead atoms. The van der Waals surface area contributed by atoms with Crippen molar-refractivity contribution in [1.82, 2.24) is 14.9 Å². The topological polar surface area (TPSA) is 64.3 Å². The second kappa shape index (κ2) is 7.69. The van der Waals surface area contributed by atoms with Gasteiger partial charge in [-0.3, -0.25) is 9.69 Å². The number of rotatable bonds is 3. The van der Waals surface area contributed by atoms with Gasteiger partial charge in [0.2, 0.25) is 0 Å². The van der Waals surface area contributed by atoms with Gasteiger partial charge in [0.25, 0.3) is 5.56 Å². The molecule has 0 aliphatic carbocycles. The van der Waals surface area contributed by atoms with Gasteiger partial charge in [-0.05, 0) is 36.6 Å². The molecule has 7 heteroatoms. The molecule has 2 aliphatic heterocycles. The molecule has 0 amide bonds. The molecule has 1 saturated heterocycles. The van der Waals surface area contributed by atoms with Crippen LogP contribution >= 0.6 is 11.6 Å². The second-order valence-corrected chi connectivity index (χ2v) is 8.25. The summed E-state index contributed by atoms with van der Waals surface area (Å²) >= 11 is 5.94. The Kier molecular flexibility index (Phi) is 4.89. The van der Waals surface area contributed by atoms with Gasteiger partial charge in [0.15, 0.2) is 0 Å². The number of hydrogen-bond acceptors (Lipinski definition) is 5. The van der Waals surface area contributed by atoms with Crippen LogP contribution in [0.2, 0.25) is 5.02 Å². The van der Waals surface area contributed by atoms with Crippen LogP contribution in [0.4, 0.5) is 11.5 Å². The van der Waals surface area contributed by atoms with Crippen molar-refractivity contribution < 1.29 is 0 Å². The number of H-pyrrole nitrogens is 1. The zero-order valence-corrected chi connectivity index (χ0v) is 17.0. The third kappa shape index (κ3) is 3.70. The van der Waals surface area contributed by atoms with Crippen molar-refractivity contribution in [2.75, 3.05) is 42.9 Å². The summed E-state index contributed by atoms with van der Waals surface area (Å²) in [6.07, 6.45) is 3.56. The van der Waals surface area contributed by atoms with Crippen molar-refractivity contribution in [3.8, 4) is 0 Å². The quantitative estimate of drug-likeness (QED) is 0.695. The lowest BCUT2D eigenvalue weighted by molar-refractivity contribution is 0.249. The highest BCUT2D eigenvalue weighted by Gasteiger charge is 2.19. The molecular formula is C22H24ClN5O. The summed E-state index contributed by atoms with van der Waals surface area (Å²) in [5, 5.41) is 5.20. The Morgan fingerprint density at radius 3 is 2.76 bits per heavy atom. The van der Waals surface area contributed by atoms with Crippen LogP contribution in [0.1, 0.15) is 17.5 Å². The molecule has 1 aromatic carbocycles. The number of hydrogen-bond donors (Lipinski definition) is 2. The molecule has 0 atom stereocenters. The van der Waals surface area contributed by atoms with Gasteiger partial charge >= 0.3 is 0 Å². The number of pyridine rings is 2. The fourth-order valence-electron chi connectivity index (χ4n) is 4.35. The average Bonchev–Trinajstić information content (AvgIpc) is 2.75. The highest BCUT2D eigenvalue weighted by atomic mass is 35.5. The Balaban J connectivity index is 1.30. The van der Waals surface area contributed by atoms with Gasteiger partial charge in [0.05, 0.1) is 16.2 Å². The second-order valence-electron chi connectivity index (χ2n) is 7.82. The molecule has 150 valence electrons. The normalized spacial score (nSPS) is 17.2. The predicted molar refractivity (Wildman–Crippen MR) is 118 cm³/mol. The average molecular weight is 410 g/mol. The number of halogens is 1. The van der Waals surface area contributed by atoms with E-state index in [1.165, 1.54) is 5.56 Å². The number of aromatic amines is 1. The maximum atomic E-state index is 12.4. The summed E-state index contributed by atoms with van der Waals surface area (Å²) in [6.45, 7) is 5.65. The van der Waals surface area contributed by atoms with Gasteiger partial charge in [-0.15, -0.1) is 0 Å². The Labute approximate surface area is 174 Å². The van der Waals surface area contributed by atoms with Gasteiger partial charge < -0.3 is 15.2 Å². The summed E-state index contributed by atoms with van der Waals surface area (Å²) in [5.41, 5.74) is 4.10. The number of aromatic nitrogens is 2.